The number of carbonyl (C=O) groups excluding carboxylic acids is 1. The number of para-hydroxylation sites is 1. The summed E-state index contributed by atoms with van der Waals surface area (Å²) in [7, 11) is 0. The van der Waals surface area contributed by atoms with Crippen LogP contribution in [0, 0.1) is 6.92 Å². The number of hydrogen-bond acceptors (Lipinski definition) is 3. The van der Waals surface area contributed by atoms with Crippen LogP contribution in [-0.2, 0) is 0 Å². The highest BCUT2D eigenvalue weighted by molar-refractivity contribution is 6.31. The van der Waals surface area contributed by atoms with Crippen molar-refractivity contribution in [1.29, 1.82) is 0 Å². The number of fused-ring (bicyclic) bond motifs is 1. The summed E-state index contributed by atoms with van der Waals surface area (Å²) in [6.45, 7) is 4.47. The Morgan fingerprint density at radius 1 is 1.11 bits per heavy atom. The molecule has 0 aliphatic carbocycles. The number of nitrogens with one attached hydrogen (secondary N) is 1. The number of amides is 1. The molecule has 0 bridgehead atoms. The van der Waals surface area contributed by atoms with Crippen LogP contribution in [0.5, 0.6) is 0 Å². The molecule has 5 heteroatoms. The van der Waals surface area contributed by atoms with Gasteiger partial charge in [-0.15, -0.1) is 0 Å². The number of aryl methyl sites for hydroxylation is 1. The van der Waals surface area contributed by atoms with Crippen LogP contribution in [0.4, 0.5) is 0 Å². The van der Waals surface area contributed by atoms with Crippen LogP contribution in [0.15, 0.2) is 52.9 Å². The summed E-state index contributed by atoms with van der Waals surface area (Å²) in [5.41, 5.74) is 2.68. The first-order chi connectivity index (χ1) is 13.6. The molecule has 4 nitrogen and oxygen atoms in total. The number of nitrogens with zero attached hydrogens (tertiary/aromatic N) is 1. The standard InChI is InChI=1S/C23H25ClN2O2/c1-16-17-9-4-6-12-21(17)28-22(16)23(27)25-15-20(26-13-7-2-8-14-26)18-10-3-5-11-19(18)24/h3-6,9-12,20H,2,7-8,13-15H2,1H3,(H,25,27)/t20-/m0/s1. The minimum atomic E-state index is -0.178. The molecule has 2 aromatic carbocycles. The molecule has 0 radical (unpaired) electrons. The van der Waals surface area contributed by atoms with Crippen molar-refractivity contribution in [3.05, 3.63) is 70.4 Å². The van der Waals surface area contributed by atoms with Gasteiger partial charge < -0.3 is 9.73 Å². The average molecular weight is 397 g/mol. The van der Waals surface area contributed by atoms with E-state index in [1.54, 1.807) is 0 Å². The van der Waals surface area contributed by atoms with Gasteiger partial charge in [0.2, 0.25) is 0 Å². The fraction of sp³-hybridized carbons (Fsp3) is 0.348. The lowest BCUT2D eigenvalue weighted by Gasteiger charge is -2.35. The van der Waals surface area contributed by atoms with Gasteiger partial charge in [-0.25, -0.2) is 0 Å². The van der Waals surface area contributed by atoms with Gasteiger partial charge in [0.1, 0.15) is 5.58 Å². The number of likely N-dealkylation sites (tertiary alicyclic amines) is 1. The highest BCUT2D eigenvalue weighted by Crippen LogP contribution is 2.30. The van der Waals surface area contributed by atoms with Crippen LogP contribution in [0.2, 0.25) is 5.02 Å². The van der Waals surface area contributed by atoms with Crippen molar-refractivity contribution in [2.24, 2.45) is 0 Å². The molecule has 1 aromatic heterocycles. The minimum Gasteiger partial charge on any atom is -0.451 e. The van der Waals surface area contributed by atoms with E-state index in [-0.39, 0.29) is 11.9 Å². The smallest absolute Gasteiger partial charge is 0.287 e. The first-order valence-electron chi connectivity index (χ1n) is 9.90. The lowest BCUT2D eigenvalue weighted by molar-refractivity contribution is 0.0898. The molecule has 146 valence electrons. The Labute approximate surface area is 170 Å². The van der Waals surface area contributed by atoms with Gasteiger partial charge in [-0.1, -0.05) is 54.4 Å². The van der Waals surface area contributed by atoms with E-state index in [2.05, 4.69) is 16.3 Å². The molecule has 1 aliphatic rings. The normalized spacial score (nSPS) is 16.2. The van der Waals surface area contributed by atoms with Crippen LogP contribution in [0.3, 0.4) is 0 Å². The first kappa shape index (κ1) is 19.0. The topological polar surface area (TPSA) is 45.5 Å². The summed E-state index contributed by atoms with van der Waals surface area (Å²) in [5, 5.41) is 4.81. The van der Waals surface area contributed by atoms with Crippen molar-refractivity contribution in [1.82, 2.24) is 10.2 Å². The maximum absolute atomic E-state index is 12.9. The van der Waals surface area contributed by atoms with Gasteiger partial charge in [-0.2, -0.15) is 0 Å². The maximum atomic E-state index is 12.9. The second-order valence-electron chi connectivity index (χ2n) is 7.40. The third-order valence-electron chi connectivity index (χ3n) is 5.60. The fourth-order valence-electron chi connectivity index (χ4n) is 4.07. The number of hydrogen-bond donors (Lipinski definition) is 1. The average Bonchev–Trinajstić information content (AvgIpc) is 3.07. The molecule has 0 unspecified atom stereocenters. The van der Waals surface area contributed by atoms with Gasteiger partial charge in [-0.3, -0.25) is 9.69 Å². The van der Waals surface area contributed by atoms with Crippen molar-refractivity contribution in [3.63, 3.8) is 0 Å². The third-order valence-corrected chi connectivity index (χ3v) is 5.95. The first-order valence-corrected chi connectivity index (χ1v) is 10.3. The van der Waals surface area contributed by atoms with E-state index >= 15 is 0 Å². The minimum absolute atomic E-state index is 0.0580. The van der Waals surface area contributed by atoms with Crippen molar-refractivity contribution in [2.75, 3.05) is 19.6 Å². The zero-order chi connectivity index (χ0) is 19.5. The Balaban J connectivity index is 1.55. The number of benzene rings is 2. The van der Waals surface area contributed by atoms with E-state index < -0.39 is 0 Å². The van der Waals surface area contributed by atoms with E-state index in [1.165, 1.54) is 19.3 Å². The summed E-state index contributed by atoms with van der Waals surface area (Å²) in [6.07, 6.45) is 3.62. The van der Waals surface area contributed by atoms with E-state index in [9.17, 15) is 4.79 Å². The van der Waals surface area contributed by atoms with E-state index in [0.717, 1.165) is 40.2 Å². The van der Waals surface area contributed by atoms with Crippen molar-refractivity contribution >= 4 is 28.5 Å². The quantitative estimate of drug-likeness (QED) is 0.632. The molecule has 28 heavy (non-hydrogen) atoms. The lowest BCUT2D eigenvalue weighted by Crippen LogP contribution is -2.40. The SMILES string of the molecule is Cc1c(C(=O)NC[C@@H](c2ccccc2Cl)N2CCCCC2)oc2ccccc12. The monoisotopic (exact) mass is 396 g/mol. The third kappa shape index (κ3) is 3.80. The van der Waals surface area contributed by atoms with Crippen LogP contribution >= 0.6 is 11.6 Å². The summed E-state index contributed by atoms with van der Waals surface area (Å²) in [4.78, 5) is 15.3. The van der Waals surface area contributed by atoms with Gasteiger partial charge in [0.25, 0.3) is 5.91 Å². The Morgan fingerprint density at radius 3 is 2.57 bits per heavy atom. The zero-order valence-corrected chi connectivity index (χ0v) is 16.8. The van der Waals surface area contributed by atoms with Crippen LogP contribution < -0.4 is 5.32 Å². The second kappa shape index (κ2) is 8.38. The molecule has 1 fully saturated rings. The summed E-state index contributed by atoms with van der Waals surface area (Å²) >= 11 is 6.49. The molecule has 2 heterocycles. The summed E-state index contributed by atoms with van der Waals surface area (Å²) < 4.78 is 5.82. The van der Waals surface area contributed by atoms with Crippen molar-refractivity contribution < 1.29 is 9.21 Å². The van der Waals surface area contributed by atoms with Gasteiger partial charge in [0.05, 0.1) is 6.04 Å². The molecule has 1 aliphatic heterocycles. The van der Waals surface area contributed by atoms with Crippen LogP contribution in [-0.4, -0.2) is 30.4 Å². The van der Waals surface area contributed by atoms with Crippen LogP contribution in [0.1, 0.15) is 47.0 Å². The van der Waals surface area contributed by atoms with Crippen molar-refractivity contribution in [3.8, 4) is 0 Å². The second-order valence-corrected chi connectivity index (χ2v) is 7.80. The van der Waals surface area contributed by atoms with Gasteiger partial charge >= 0.3 is 0 Å². The molecule has 0 spiro atoms. The molecule has 0 saturated carbocycles. The molecule has 4 rings (SSSR count). The predicted octanol–water partition coefficient (Wildman–Crippen LogP) is 5.35. The Hall–Kier alpha value is -2.30. The van der Waals surface area contributed by atoms with Gasteiger partial charge in [0.15, 0.2) is 5.76 Å². The number of halogens is 1. The lowest BCUT2D eigenvalue weighted by atomic mass is 10.0. The molecule has 3 aromatic rings. The Bertz CT molecular complexity index is 976. The summed E-state index contributed by atoms with van der Waals surface area (Å²) in [6, 6.07) is 15.7. The molecular formula is C23H25ClN2O2. The number of piperidine rings is 1. The summed E-state index contributed by atoms with van der Waals surface area (Å²) in [5.74, 6) is 0.209. The van der Waals surface area contributed by atoms with E-state index in [0.29, 0.717) is 12.3 Å². The number of furan rings is 1. The predicted molar refractivity (Wildman–Crippen MR) is 113 cm³/mol. The zero-order valence-electron chi connectivity index (χ0n) is 16.1. The molecule has 1 saturated heterocycles. The highest BCUT2D eigenvalue weighted by atomic mass is 35.5. The van der Waals surface area contributed by atoms with E-state index in [1.807, 2.05) is 49.4 Å². The Morgan fingerprint density at radius 2 is 1.82 bits per heavy atom. The van der Waals surface area contributed by atoms with Crippen molar-refractivity contribution in [2.45, 2.75) is 32.2 Å². The Kier molecular flexibility index (Phi) is 5.69. The maximum Gasteiger partial charge on any atom is 0.287 e. The molecule has 1 atom stereocenters. The van der Waals surface area contributed by atoms with E-state index in [4.69, 9.17) is 16.0 Å². The molecular weight excluding hydrogens is 372 g/mol. The van der Waals surface area contributed by atoms with Crippen LogP contribution in [0.25, 0.3) is 11.0 Å². The van der Waals surface area contributed by atoms with Gasteiger partial charge in [0, 0.05) is 22.5 Å². The number of rotatable bonds is 5. The largest absolute Gasteiger partial charge is 0.451 e. The highest BCUT2D eigenvalue weighted by Gasteiger charge is 2.26. The molecule has 1 amide bonds. The fourth-order valence-corrected chi connectivity index (χ4v) is 4.33. The molecule has 1 N–H and O–H groups in total. The number of carbonyl (C=O) groups is 1. The van der Waals surface area contributed by atoms with Gasteiger partial charge in [-0.05, 0) is 50.6 Å².